The van der Waals surface area contributed by atoms with Gasteiger partial charge in [-0.15, -0.1) is 0 Å². The fourth-order valence-electron chi connectivity index (χ4n) is 2.51. The van der Waals surface area contributed by atoms with Gasteiger partial charge in [0.15, 0.2) is 0 Å². The third-order valence-electron chi connectivity index (χ3n) is 3.58. The van der Waals surface area contributed by atoms with Gasteiger partial charge in [0, 0.05) is 12.1 Å². The monoisotopic (exact) mass is 261 g/mol. The maximum atomic E-state index is 6.01. The molecule has 2 heteroatoms. The average molecular weight is 261 g/mol. The van der Waals surface area contributed by atoms with E-state index in [4.69, 9.17) is 4.74 Å². The lowest BCUT2D eigenvalue weighted by Gasteiger charge is -2.24. The number of aryl methyl sites for hydroxylation is 2. The van der Waals surface area contributed by atoms with Crippen LogP contribution < -0.4 is 10.1 Å². The quantitative estimate of drug-likeness (QED) is 0.892. The van der Waals surface area contributed by atoms with Gasteiger partial charge < -0.3 is 10.1 Å². The van der Waals surface area contributed by atoms with Gasteiger partial charge in [0.1, 0.15) is 11.9 Å². The van der Waals surface area contributed by atoms with Gasteiger partial charge in [0.25, 0.3) is 0 Å². The van der Waals surface area contributed by atoms with Crippen LogP contribution in [-0.4, -0.2) is 18.2 Å². The molecule has 0 saturated carbocycles. The number of hydrogen-bond acceptors (Lipinski definition) is 2. The van der Waals surface area contributed by atoms with Gasteiger partial charge in [-0.1, -0.05) is 6.07 Å². The number of fused-ring (bicyclic) bond motifs is 1. The Morgan fingerprint density at radius 1 is 1.16 bits per heavy atom. The van der Waals surface area contributed by atoms with Crippen molar-refractivity contribution < 1.29 is 4.74 Å². The van der Waals surface area contributed by atoms with Crippen LogP contribution in [-0.2, 0) is 12.8 Å². The normalized spacial score (nSPS) is 16.8. The highest BCUT2D eigenvalue weighted by atomic mass is 16.5. The average Bonchev–Trinajstić information content (AvgIpc) is 2.35. The van der Waals surface area contributed by atoms with E-state index in [-0.39, 0.29) is 11.6 Å². The molecule has 1 aromatic rings. The smallest absolute Gasteiger partial charge is 0.120 e. The second-order valence-corrected chi connectivity index (χ2v) is 6.70. The molecular weight excluding hydrogens is 234 g/mol. The van der Waals surface area contributed by atoms with Crippen LogP contribution in [0.1, 0.15) is 51.7 Å². The van der Waals surface area contributed by atoms with Crippen molar-refractivity contribution in [1.29, 1.82) is 0 Å². The van der Waals surface area contributed by atoms with Crippen LogP contribution in [0.3, 0.4) is 0 Å². The van der Waals surface area contributed by atoms with Crippen LogP contribution in [0.5, 0.6) is 5.75 Å². The molecule has 0 fully saturated rings. The van der Waals surface area contributed by atoms with Crippen LogP contribution in [0.4, 0.5) is 0 Å². The van der Waals surface area contributed by atoms with Crippen LogP contribution in [0.2, 0.25) is 0 Å². The summed E-state index contributed by atoms with van der Waals surface area (Å²) in [7, 11) is 0. The van der Waals surface area contributed by atoms with Crippen LogP contribution in [0, 0.1) is 0 Å². The molecule has 0 aromatic heterocycles. The van der Waals surface area contributed by atoms with Crippen molar-refractivity contribution in [2.24, 2.45) is 0 Å². The van der Waals surface area contributed by atoms with Gasteiger partial charge in [-0.25, -0.2) is 0 Å². The van der Waals surface area contributed by atoms with E-state index in [2.05, 4.69) is 51.2 Å². The topological polar surface area (TPSA) is 21.3 Å². The van der Waals surface area contributed by atoms with Gasteiger partial charge in [-0.2, -0.15) is 0 Å². The number of ether oxygens (including phenoxy) is 1. The minimum atomic E-state index is 0.146. The molecule has 1 aliphatic carbocycles. The van der Waals surface area contributed by atoms with Crippen molar-refractivity contribution >= 4 is 0 Å². The van der Waals surface area contributed by atoms with E-state index in [1.165, 1.54) is 36.8 Å². The molecular formula is C17H27NO. The molecule has 106 valence electrons. The molecule has 19 heavy (non-hydrogen) atoms. The van der Waals surface area contributed by atoms with E-state index in [1.807, 2.05) is 0 Å². The molecule has 0 bridgehead atoms. The summed E-state index contributed by atoms with van der Waals surface area (Å²) in [4.78, 5) is 0. The van der Waals surface area contributed by atoms with Gasteiger partial charge in [-0.3, -0.25) is 0 Å². The Morgan fingerprint density at radius 2 is 1.84 bits per heavy atom. The maximum absolute atomic E-state index is 6.01. The Bertz CT molecular complexity index is 420. The molecule has 0 spiro atoms. The van der Waals surface area contributed by atoms with Crippen LogP contribution in [0.15, 0.2) is 18.2 Å². The molecule has 0 radical (unpaired) electrons. The van der Waals surface area contributed by atoms with Crippen molar-refractivity contribution in [3.8, 4) is 5.75 Å². The first-order valence-electron chi connectivity index (χ1n) is 7.47. The Kier molecular flexibility index (Phi) is 4.51. The van der Waals surface area contributed by atoms with Crippen LogP contribution >= 0.6 is 0 Å². The number of nitrogens with one attached hydrogen (secondary N) is 1. The highest BCUT2D eigenvalue weighted by Crippen LogP contribution is 2.25. The minimum absolute atomic E-state index is 0.146. The number of benzene rings is 1. The van der Waals surface area contributed by atoms with Crippen molar-refractivity contribution in [3.63, 3.8) is 0 Å². The van der Waals surface area contributed by atoms with Crippen molar-refractivity contribution in [2.45, 2.75) is 65.0 Å². The first-order valence-corrected chi connectivity index (χ1v) is 7.47. The highest BCUT2D eigenvalue weighted by Gasteiger charge is 2.13. The van der Waals surface area contributed by atoms with Crippen molar-refractivity contribution in [2.75, 3.05) is 6.54 Å². The molecule has 0 heterocycles. The van der Waals surface area contributed by atoms with Crippen LogP contribution in [0.25, 0.3) is 0 Å². The van der Waals surface area contributed by atoms with E-state index in [0.29, 0.717) is 0 Å². The third kappa shape index (κ3) is 4.54. The van der Waals surface area contributed by atoms with Gasteiger partial charge in [0.2, 0.25) is 0 Å². The molecule has 0 amide bonds. The molecule has 0 aliphatic heterocycles. The zero-order valence-corrected chi connectivity index (χ0v) is 12.8. The summed E-state index contributed by atoms with van der Waals surface area (Å²) in [5.74, 6) is 1.02. The van der Waals surface area contributed by atoms with E-state index >= 15 is 0 Å². The van der Waals surface area contributed by atoms with Crippen molar-refractivity contribution in [3.05, 3.63) is 29.3 Å². The second kappa shape index (κ2) is 5.96. The molecule has 0 saturated heterocycles. The Balaban J connectivity index is 1.92. The summed E-state index contributed by atoms with van der Waals surface area (Å²) in [6.07, 6.45) is 5.29. The summed E-state index contributed by atoms with van der Waals surface area (Å²) < 4.78 is 6.01. The summed E-state index contributed by atoms with van der Waals surface area (Å²) in [5, 5.41) is 3.48. The molecule has 1 atom stereocenters. The molecule has 1 aliphatic rings. The minimum Gasteiger partial charge on any atom is -0.489 e. The Morgan fingerprint density at radius 3 is 2.53 bits per heavy atom. The Labute approximate surface area is 117 Å². The largest absolute Gasteiger partial charge is 0.489 e. The lowest BCUT2D eigenvalue weighted by Crippen LogP contribution is -2.41. The zero-order chi connectivity index (χ0) is 13.9. The molecule has 1 unspecified atom stereocenters. The summed E-state index contributed by atoms with van der Waals surface area (Å²) in [6, 6.07) is 6.60. The van der Waals surface area contributed by atoms with E-state index in [1.54, 1.807) is 0 Å². The number of rotatable bonds is 4. The maximum Gasteiger partial charge on any atom is 0.120 e. The lowest BCUT2D eigenvalue weighted by molar-refractivity contribution is 0.203. The van der Waals surface area contributed by atoms with Gasteiger partial charge >= 0.3 is 0 Å². The predicted octanol–water partition coefficient (Wildman–Crippen LogP) is 3.72. The van der Waals surface area contributed by atoms with Gasteiger partial charge in [0.05, 0.1) is 0 Å². The molecule has 2 rings (SSSR count). The standard InChI is InChI=1S/C17H27NO/c1-13(12-18-17(2,3)4)19-16-10-9-14-7-5-6-8-15(14)11-16/h9-11,13,18H,5-8,12H2,1-4H3. The van der Waals surface area contributed by atoms with E-state index < -0.39 is 0 Å². The SMILES string of the molecule is CC(CNC(C)(C)C)Oc1ccc2c(c1)CCCC2. The fraction of sp³-hybridized carbons (Fsp3) is 0.647. The summed E-state index contributed by atoms with van der Waals surface area (Å²) in [5.41, 5.74) is 3.15. The third-order valence-corrected chi connectivity index (χ3v) is 3.58. The second-order valence-electron chi connectivity index (χ2n) is 6.70. The molecule has 1 aromatic carbocycles. The predicted molar refractivity (Wildman–Crippen MR) is 80.9 cm³/mol. The zero-order valence-electron chi connectivity index (χ0n) is 12.8. The summed E-state index contributed by atoms with van der Waals surface area (Å²) >= 11 is 0. The van der Waals surface area contributed by atoms with Gasteiger partial charge in [-0.05, 0) is 76.6 Å². The first-order chi connectivity index (χ1) is 8.94. The molecule has 2 nitrogen and oxygen atoms in total. The van der Waals surface area contributed by atoms with Crippen molar-refractivity contribution in [1.82, 2.24) is 5.32 Å². The lowest BCUT2D eigenvalue weighted by atomic mass is 9.92. The Hall–Kier alpha value is -1.02. The van der Waals surface area contributed by atoms with E-state index in [0.717, 1.165) is 12.3 Å². The molecule has 1 N–H and O–H groups in total. The number of hydrogen-bond donors (Lipinski definition) is 1. The van der Waals surface area contributed by atoms with E-state index in [9.17, 15) is 0 Å². The summed E-state index contributed by atoms with van der Waals surface area (Å²) in [6.45, 7) is 9.54. The highest BCUT2D eigenvalue weighted by molar-refractivity contribution is 5.37. The first kappa shape index (κ1) is 14.4. The fourth-order valence-corrected chi connectivity index (χ4v) is 2.51.